The monoisotopic (exact) mass is 428 g/mol. The number of thiophene rings is 1. The number of sulfonamides is 1. The van der Waals surface area contributed by atoms with Crippen molar-refractivity contribution in [1.82, 2.24) is 14.2 Å². The first-order valence-electron chi connectivity index (χ1n) is 9.11. The number of nitrogens with zero attached hydrogens (tertiary/aromatic N) is 4. The van der Waals surface area contributed by atoms with Crippen molar-refractivity contribution < 1.29 is 8.42 Å². The third kappa shape index (κ3) is 4.81. The Kier molecular flexibility index (Phi) is 6.75. The molecule has 0 aliphatic carbocycles. The van der Waals surface area contributed by atoms with Crippen molar-refractivity contribution in [3.8, 4) is 0 Å². The van der Waals surface area contributed by atoms with E-state index < -0.39 is 10.0 Å². The van der Waals surface area contributed by atoms with Crippen molar-refractivity contribution in [2.24, 2.45) is 0 Å². The van der Waals surface area contributed by atoms with E-state index in [1.165, 1.54) is 15.4 Å². The van der Waals surface area contributed by atoms with Gasteiger partial charge >= 0.3 is 0 Å². The molecule has 9 heteroatoms. The van der Waals surface area contributed by atoms with Crippen LogP contribution in [0.15, 0.2) is 35.4 Å². The van der Waals surface area contributed by atoms with Gasteiger partial charge in [-0.1, -0.05) is 25.4 Å². The lowest BCUT2D eigenvalue weighted by Crippen LogP contribution is -2.46. The third-order valence-corrected chi connectivity index (χ3v) is 8.02. The Morgan fingerprint density at radius 3 is 2.33 bits per heavy atom. The van der Waals surface area contributed by atoms with E-state index in [-0.39, 0.29) is 4.90 Å². The smallest absolute Gasteiger partial charge is 0.244 e. The van der Waals surface area contributed by atoms with E-state index in [1.54, 1.807) is 17.4 Å². The first-order chi connectivity index (χ1) is 12.9. The van der Waals surface area contributed by atoms with Crippen LogP contribution in [0, 0.1) is 0 Å². The summed E-state index contributed by atoms with van der Waals surface area (Å²) in [6.07, 6.45) is 1.48. The Balaban J connectivity index is 1.60. The zero-order valence-corrected chi connectivity index (χ0v) is 18.0. The van der Waals surface area contributed by atoms with E-state index in [1.807, 2.05) is 26.0 Å². The molecule has 3 rings (SSSR count). The zero-order valence-electron chi connectivity index (χ0n) is 15.6. The molecule has 148 valence electrons. The molecular weight excluding hydrogens is 404 g/mol. The summed E-state index contributed by atoms with van der Waals surface area (Å²) in [6.45, 7) is 9.13. The molecule has 0 N–H and O–H groups in total. The molecular formula is C18H25ClN4O2S2. The predicted molar refractivity (Wildman–Crippen MR) is 111 cm³/mol. The van der Waals surface area contributed by atoms with Crippen molar-refractivity contribution in [3.05, 3.63) is 39.7 Å². The van der Waals surface area contributed by atoms with Crippen LogP contribution in [0.2, 0.25) is 4.34 Å². The maximum absolute atomic E-state index is 12.6. The fraction of sp³-hybridized carbons (Fsp3) is 0.500. The van der Waals surface area contributed by atoms with Crippen molar-refractivity contribution in [2.75, 3.05) is 44.2 Å². The van der Waals surface area contributed by atoms with Crippen LogP contribution in [0.3, 0.4) is 0 Å². The van der Waals surface area contributed by atoms with Gasteiger partial charge in [0, 0.05) is 56.9 Å². The fourth-order valence-electron chi connectivity index (χ4n) is 3.22. The highest BCUT2D eigenvalue weighted by Gasteiger charge is 2.23. The molecule has 0 unspecified atom stereocenters. The molecule has 0 aromatic carbocycles. The molecule has 27 heavy (non-hydrogen) atoms. The summed E-state index contributed by atoms with van der Waals surface area (Å²) in [5, 5.41) is 0. The van der Waals surface area contributed by atoms with Gasteiger partial charge in [0.25, 0.3) is 0 Å². The fourth-order valence-corrected chi connectivity index (χ4v) is 5.75. The number of halogens is 1. The number of piperazine rings is 1. The van der Waals surface area contributed by atoms with Gasteiger partial charge in [0.15, 0.2) is 0 Å². The summed E-state index contributed by atoms with van der Waals surface area (Å²) in [6, 6.07) is 7.49. The summed E-state index contributed by atoms with van der Waals surface area (Å²) in [5.41, 5.74) is 0. The normalized spacial score (nSPS) is 16.2. The lowest BCUT2D eigenvalue weighted by atomic mass is 10.3. The average Bonchev–Trinajstić information content (AvgIpc) is 3.08. The zero-order chi connectivity index (χ0) is 19.4. The molecule has 2 aromatic rings. The Bertz CT molecular complexity index is 843. The minimum Gasteiger partial charge on any atom is -0.354 e. The minimum atomic E-state index is -3.46. The molecule has 0 bridgehead atoms. The molecule has 1 aliphatic rings. The molecule has 0 atom stereocenters. The lowest BCUT2D eigenvalue weighted by Gasteiger charge is -2.35. The van der Waals surface area contributed by atoms with Crippen molar-refractivity contribution in [1.29, 1.82) is 0 Å². The van der Waals surface area contributed by atoms with Gasteiger partial charge in [-0.3, -0.25) is 4.90 Å². The number of anilines is 1. The Hall–Kier alpha value is -1.19. The second kappa shape index (κ2) is 8.87. The predicted octanol–water partition coefficient (Wildman–Crippen LogP) is 3.15. The Morgan fingerprint density at radius 1 is 1.11 bits per heavy atom. The van der Waals surface area contributed by atoms with Gasteiger partial charge in [0.2, 0.25) is 10.0 Å². The van der Waals surface area contributed by atoms with Gasteiger partial charge in [0.05, 0.1) is 4.34 Å². The SMILES string of the molecule is CCN(CC)S(=O)(=O)c1ccc(N2CCN(Cc3ccc(Cl)s3)CC2)nc1. The van der Waals surface area contributed by atoms with Gasteiger partial charge in [-0.05, 0) is 24.3 Å². The van der Waals surface area contributed by atoms with E-state index >= 15 is 0 Å². The summed E-state index contributed by atoms with van der Waals surface area (Å²) in [4.78, 5) is 10.5. The highest BCUT2D eigenvalue weighted by molar-refractivity contribution is 7.89. The van der Waals surface area contributed by atoms with E-state index in [2.05, 4.69) is 20.9 Å². The van der Waals surface area contributed by atoms with Crippen molar-refractivity contribution in [3.63, 3.8) is 0 Å². The second-order valence-corrected chi connectivity index (χ2v) is 10.1. The number of aromatic nitrogens is 1. The van der Waals surface area contributed by atoms with Crippen LogP contribution in [-0.2, 0) is 16.6 Å². The third-order valence-electron chi connectivity index (χ3n) is 4.77. The van der Waals surface area contributed by atoms with Crippen LogP contribution in [0.5, 0.6) is 0 Å². The molecule has 0 saturated carbocycles. The van der Waals surface area contributed by atoms with Gasteiger partial charge in [-0.15, -0.1) is 11.3 Å². The lowest BCUT2D eigenvalue weighted by molar-refractivity contribution is 0.251. The minimum absolute atomic E-state index is 0.253. The first kappa shape index (κ1) is 20.5. The van der Waals surface area contributed by atoms with E-state index in [4.69, 9.17) is 11.6 Å². The first-order valence-corrected chi connectivity index (χ1v) is 11.7. The maximum Gasteiger partial charge on any atom is 0.244 e. The van der Waals surface area contributed by atoms with Gasteiger partial charge < -0.3 is 4.90 Å². The Morgan fingerprint density at radius 2 is 1.81 bits per heavy atom. The molecule has 0 amide bonds. The molecule has 6 nitrogen and oxygen atoms in total. The number of hydrogen-bond acceptors (Lipinski definition) is 6. The molecule has 2 aromatic heterocycles. The van der Waals surface area contributed by atoms with E-state index in [0.717, 1.165) is 42.9 Å². The van der Waals surface area contributed by atoms with Gasteiger partial charge in [-0.2, -0.15) is 4.31 Å². The highest BCUT2D eigenvalue weighted by atomic mass is 35.5. The topological polar surface area (TPSA) is 56.8 Å². The van der Waals surface area contributed by atoms with Gasteiger partial charge in [-0.25, -0.2) is 13.4 Å². The van der Waals surface area contributed by atoms with Crippen LogP contribution in [0.4, 0.5) is 5.82 Å². The Labute approximate surface area is 170 Å². The van der Waals surface area contributed by atoms with Crippen LogP contribution >= 0.6 is 22.9 Å². The van der Waals surface area contributed by atoms with E-state index in [9.17, 15) is 8.42 Å². The maximum atomic E-state index is 12.6. The van der Waals surface area contributed by atoms with Gasteiger partial charge in [0.1, 0.15) is 10.7 Å². The summed E-state index contributed by atoms with van der Waals surface area (Å²) < 4.78 is 27.4. The number of hydrogen-bond donors (Lipinski definition) is 0. The highest BCUT2D eigenvalue weighted by Crippen LogP contribution is 2.24. The number of rotatable bonds is 7. The van der Waals surface area contributed by atoms with Crippen LogP contribution in [0.25, 0.3) is 0 Å². The molecule has 1 aliphatic heterocycles. The van der Waals surface area contributed by atoms with Crippen LogP contribution < -0.4 is 4.90 Å². The van der Waals surface area contributed by atoms with E-state index in [0.29, 0.717) is 13.1 Å². The molecule has 3 heterocycles. The number of pyridine rings is 1. The van der Waals surface area contributed by atoms with Crippen molar-refractivity contribution in [2.45, 2.75) is 25.3 Å². The van der Waals surface area contributed by atoms with Crippen LogP contribution in [-0.4, -0.2) is 61.9 Å². The second-order valence-electron chi connectivity index (χ2n) is 6.41. The average molecular weight is 429 g/mol. The molecule has 1 fully saturated rings. The molecule has 0 radical (unpaired) electrons. The molecule has 1 saturated heterocycles. The summed E-state index contributed by atoms with van der Waals surface area (Å²) in [7, 11) is -3.46. The summed E-state index contributed by atoms with van der Waals surface area (Å²) in [5.74, 6) is 0.826. The quantitative estimate of drug-likeness (QED) is 0.678. The largest absolute Gasteiger partial charge is 0.354 e. The standard InChI is InChI=1S/C18H25ClN4O2S2/c1-3-23(4-2)27(24,25)16-6-8-18(20-13-16)22-11-9-21(10-12-22)14-15-5-7-17(19)26-15/h5-8,13H,3-4,9-12,14H2,1-2H3. The van der Waals surface area contributed by atoms with Crippen LogP contribution in [0.1, 0.15) is 18.7 Å². The van der Waals surface area contributed by atoms with Crippen molar-refractivity contribution >= 4 is 38.8 Å². The molecule has 0 spiro atoms. The summed E-state index contributed by atoms with van der Waals surface area (Å²) >= 11 is 7.63.